The molecule has 0 aliphatic carbocycles. The normalized spacial score (nSPS) is 10.5. The standard InChI is InChI=1S/C25H25N3O2S/c1-17(2)18-9-11-19(12-10-18)23(29)27-25(31)26-21-15-13-20(14-16-21)24(30)28(3)22-7-5-4-6-8-22/h4-17H,1-3H3,(H2,26,27,29,31). The number of hydrogen-bond acceptors (Lipinski definition) is 3. The number of hydrogen-bond donors (Lipinski definition) is 2. The molecule has 6 heteroatoms. The number of para-hydroxylation sites is 1. The van der Waals surface area contributed by atoms with Gasteiger partial charge in [-0.1, -0.05) is 44.2 Å². The van der Waals surface area contributed by atoms with Crippen LogP contribution in [0, 0.1) is 0 Å². The fourth-order valence-corrected chi connectivity index (χ4v) is 3.23. The zero-order valence-electron chi connectivity index (χ0n) is 17.8. The molecular formula is C25H25N3O2S. The quantitative estimate of drug-likeness (QED) is 0.544. The van der Waals surface area contributed by atoms with Gasteiger partial charge in [-0.15, -0.1) is 0 Å². The fraction of sp³-hybridized carbons (Fsp3) is 0.160. The van der Waals surface area contributed by atoms with Gasteiger partial charge in [0, 0.05) is 29.5 Å². The second-order valence-electron chi connectivity index (χ2n) is 7.46. The van der Waals surface area contributed by atoms with Gasteiger partial charge in [0.05, 0.1) is 0 Å². The van der Waals surface area contributed by atoms with Gasteiger partial charge in [0.2, 0.25) is 0 Å². The first-order valence-corrected chi connectivity index (χ1v) is 10.4. The molecule has 0 spiro atoms. The van der Waals surface area contributed by atoms with E-state index >= 15 is 0 Å². The maximum absolute atomic E-state index is 12.7. The molecule has 0 aromatic heterocycles. The predicted octanol–water partition coefficient (Wildman–Crippen LogP) is 5.21. The second kappa shape index (κ2) is 10.00. The van der Waals surface area contributed by atoms with Crippen LogP contribution in [-0.4, -0.2) is 24.0 Å². The first-order chi connectivity index (χ1) is 14.8. The van der Waals surface area contributed by atoms with Gasteiger partial charge in [-0.05, 0) is 72.2 Å². The summed E-state index contributed by atoms with van der Waals surface area (Å²) in [5.74, 6) is 0.0183. The molecule has 3 rings (SSSR count). The Bertz CT molecular complexity index is 1060. The third kappa shape index (κ3) is 5.77. The van der Waals surface area contributed by atoms with E-state index in [0.29, 0.717) is 22.7 Å². The van der Waals surface area contributed by atoms with Crippen molar-refractivity contribution in [1.29, 1.82) is 0 Å². The van der Waals surface area contributed by atoms with Crippen LogP contribution >= 0.6 is 12.2 Å². The average molecular weight is 432 g/mol. The number of nitrogens with one attached hydrogen (secondary N) is 2. The molecular weight excluding hydrogens is 406 g/mol. The zero-order valence-corrected chi connectivity index (χ0v) is 18.6. The van der Waals surface area contributed by atoms with Crippen LogP contribution in [0.5, 0.6) is 0 Å². The van der Waals surface area contributed by atoms with Crippen LogP contribution in [0.25, 0.3) is 0 Å². The highest BCUT2D eigenvalue weighted by atomic mass is 32.1. The van der Waals surface area contributed by atoms with Crippen molar-refractivity contribution in [2.45, 2.75) is 19.8 Å². The predicted molar refractivity (Wildman–Crippen MR) is 130 cm³/mol. The van der Waals surface area contributed by atoms with Crippen molar-refractivity contribution in [2.24, 2.45) is 0 Å². The van der Waals surface area contributed by atoms with E-state index in [1.54, 1.807) is 48.3 Å². The van der Waals surface area contributed by atoms with Crippen LogP contribution in [0.3, 0.4) is 0 Å². The number of benzene rings is 3. The van der Waals surface area contributed by atoms with Crippen molar-refractivity contribution < 1.29 is 9.59 Å². The molecule has 0 bridgehead atoms. The maximum Gasteiger partial charge on any atom is 0.258 e. The summed E-state index contributed by atoms with van der Waals surface area (Å²) in [5, 5.41) is 5.84. The Balaban J connectivity index is 1.58. The minimum atomic E-state index is -0.274. The SMILES string of the molecule is CC(C)c1ccc(C(=O)NC(=S)Nc2ccc(C(=O)N(C)c3ccccc3)cc2)cc1. The Morgan fingerprint density at radius 2 is 1.42 bits per heavy atom. The minimum absolute atomic E-state index is 0.113. The Hall–Kier alpha value is -3.51. The number of thiocarbonyl (C=S) groups is 1. The van der Waals surface area contributed by atoms with E-state index in [4.69, 9.17) is 12.2 Å². The molecule has 0 fully saturated rings. The Morgan fingerprint density at radius 1 is 0.839 bits per heavy atom. The Morgan fingerprint density at radius 3 is 2.00 bits per heavy atom. The van der Waals surface area contributed by atoms with Crippen LogP contribution in [0.1, 0.15) is 46.0 Å². The van der Waals surface area contributed by atoms with Crippen molar-refractivity contribution in [2.75, 3.05) is 17.3 Å². The molecule has 0 saturated carbocycles. The average Bonchev–Trinajstić information content (AvgIpc) is 2.79. The summed E-state index contributed by atoms with van der Waals surface area (Å²) in [6.07, 6.45) is 0. The summed E-state index contributed by atoms with van der Waals surface area (Å²) in [7, 11) is 1.74. The number of amides is 2. The maximum atomic E-state index is 12.7. The summed E-state index contributed by atoms with van der Waals surface area (Å²) in [5.41, 5.74) is 3.76. The highest BCUT2D eigenvalue weighted by Crippen LogP contribution is 2.17. The van der Waals surface area contributed by atoms with Crippen LogP contribution in [0.2, 0.25) is 0 Å². The number of nitrogens with zero attached hydrogens (tertiary/aromatic N) is 1. The van der Waals surface area contributed by atoms with Gasteiger partial charge >= 0.3 is 0 Å². The van der Waals surface area contributed by atoms with Gasteiger partial charge in [-0.25, -0.2) is 0 Å². The van der Waals surface area contributed by atoms with Gasteiger partial charge < -0.3 is 10.2 Å². The van der Waals surface area contributed by atoms with Crippen molar-refractivity contribution in [3.05, 3.63) is 95.6 Å². The number of anilines is 2. The largest absolute Gasteiger partial charge is 0.332 e. The van der Waals surface area contributed by atoms with Gasteiger partial charge in [0.1, 0.15) is 0 Å². The number of carbonyl (C=O) groups excluding carboxylic acids is 2. The molecule has 0 radical (unpaired) electrons. The van der Waals surface area contributed by atoms with E-state index < -0.39 is 0 Å². The van der Waals surface area contributed by atoms with Gasteiger partial charge in [-0.3, -0.25) is 14.9 Å². The third-order valence-electron chi connectivity index (χ3n) is 4.90. The molecule has 2 amide bonds. The lowest BCUT2D eigenvalue weighted by atomic mass is 10.0. The summed E-state index contributed by atoms with van der Waals surface area (Å²) in [6.45, 7) is 4.21. The molecule has 3 aromatic carbocycles. The molecule has 2 N–H and O–H groups in total. The van der Waals surface area contributed by atoms with Crippen LogP contribution in [0.4, 0.5) is 11.4 Å². The van der Waals surface area contributed by atoms with E-state index in [9.17, 15) is 9.59 Å². The zero-order chi connectivity index (χ0) is 22.4. The highest BCUT2D eigenvalue weighted by molar-refractivity contribution is 7.80. The fourth-order valence-electron chi connectivity index (χ4n) is 3.02. The molecule has 0 unspecified atom stereocenters. The van der Waals surface area contributed by atoms with E-state index in [0.717, 1.165) is 5.69 Å². The molecule has 0 aliphatic heterocycles. The molecule has 5 nitrogen and oxygen atoms in total. The van der Waals surface area contributed by atoms with Crippen LogP contribution in [0.15, 0.2) is 78.9 Å². The first-order valence-electron chi connectivity index (χ1n) is 10.0. The van der Waals surface area contributed by atoms with Crippen LogP contribution in [-0.2, 0) is 0 Å². The number of carbonyl (C=O) groups is 2. The summed E-state index contributed by atoms with van der Waals surface area (Å²) >= 11 is 5.25. The molecule has 0 heterocycles. The summed E-state index contributed by atoms with van der Waals surface area (Å²) in [6, 6.07) is 23.9. The number of rotatable bonds is 5. The Kier molecular flexibility index (Phi) is 7.15. The Labute approximate surface area is 188 Å². The summed E-state index contributed by atoms with van der Waals surface area (Å²) < 4.78 is 0. The molecule has 31 heavy (non-hydrogen) atoms. The van der Waals surface area contributed by atoms with Gasteiger partial charge in [-0.2, -0.15) is 0 Å². The topological polar surface area (TPSA) is 61.4 Å². The van der Waals surface area contributed by atoms with E-state index in [-0.39, 0.29) is 16.9 Å². The van der Waals surface area contributed by atoms with E-state index in [1.807, 2.05) is 42.5 Å². The van der Waals surface area contributed by atoms with Crippen molar-refractivity contribution in [3.8, 4) is 0 Å². The van der Waals surface area contributed by atoms with Gasteiger partial charge in [0.15, 0.2) is 5.11 Å². The lowest BCUT2D eigenvalue weighted by molar-refractivity contribution is 0.0974. The van der Waals surface area contributed by atoms with Crippen molar-refractivity contribution in [1.82, 2.24) is 5.32 Å². The van der Waals surface area contributed by atoms with Crippen molar-refractivity contribution in [3.63, 3.8) is 0 Å². The first kappa shape index (κ1) is 22.2. The third-order valence-corrected chi connectivity index (χ3v) is 5.11. The molecule has 3 aromatic rings. The smallest absolute Gasteiger partial charge is 0.258 e. The van der Waals surface area contributed by atoms with Gasteiger partial charge in [0.25, 0.3) is 11.8 Å². The van der Waals surface area contributed by atoms with Crippen LogP contribution < -0.4 is 15.5 Å². The lowest BCUT2D eigenvalue weighted by Gasteiger charge is -2.17. The van der Waals surface area contributed by atoms with Crippen molar-refractivity contribution >= 4 is 40.5 Å². The highest BCUT2D eigenvalue weighted by Gasteiger charge is 2.13. The molecule has 158 valence electrons. The molecule has 0 atom stereocenters. The molecule has 0 aliphatic rings. The molecule has 0 saturated heterocycles. The van der Waals surface area contributed by atoms with E-state index in [2.05, 4.69) is 24.5 Å². The van der Waals surface area contributed by atoms with E-state index in [1.165, 1.54) is 5.56 Å². The lowest BCUT2D eigenvalue weighted by Crippen LogP contribution is -2.34. The minimum Gasteiger partial charge on any atom is -0.332 e. The monoisotopic (exact) mass is 431 g/mol. The second-order valence-corrected chi connectivity index (χ2v) is 7.87. The summed E-state index contributed by atoms with van der Waals surface area (Å²) in [4.78, 5) is 26.7.